The number of methoxy groups -OCH3 is 1. The van der Waals surface area contributed by atoms with Crippen molar-refractivity contribution in [3.05, 3.63) is 17.8 Å². The highest BCUT2D eigenvalue weighted by Gasteiger charge is 2.16. The molecule has 1 N–H and O–H groups in total. The van der Waals surface area contributed by atoms with Gasteiger partial charge in [0.2, 0.25) is 5.88 Å². The highest BCUT2D eigenvalue weighted by atomic mass is 16.5. The fourth-order valence-electron chi connectivity index (χ4n) is 1.38. The van der Waals surface area contributed by atoms with E-state index in [2.05, 4.69) is 15.5 Å². The summed E-state index contributed by atoms with van der Waals surface area (Å²) in [5.74, 6) is 0.533. The SMILES string of the molecule is COc1ccc(C2COCCN2)nn1. The van der Waals surface area contributed by atoms with Gasteiger partial charge >= 0.3 is 0 Å². The smallest absolute Gasteiger partial charge is 0.233 e. The second-order valence-corrected chi connectivity index (χ2v) is 3.08. The lowest BCUT2D eigenvalue weighted by Gasteiger charge is -2.22. The summed E-state index contributed by atoms with van der Waals surface area (Å²) in [4.78, 5) is 0. The van der Waals surface area contributed by atoms with E-state index in [0.29, 0.717) is 12.5 Å². The van der Waals surface area contributed by atoms with E-state index in [-0.39, 0.29) is 6.04 Å². The van der Waals surface area contributed by atoms with Crippen molar-refractivity contribution in [3.63, 3.8) is 0 Å². The lowest BCUT2D eigenvalue weighted by molar-refractivity contribution is 0.0752. The molecular formula is C9H13N3O2. The molecule has 2 heterocycles. The van der Waals surface area contributed by atoms with E-state index in [0.717, 1.165) is 18.8 Å². The Balaban J connectivity index is 2.07. The van der Waals surface area contributed by atoms with E-state index in [1.54, 1.807) is 13.2 Å². The van der Waals surface area contributed by atoms with Crippen molar-refractivity contribution >= 4 is 0 Å². The first kappa shape index (κ1) is 9.36. The standard InChI is InChI=1S/C9H13N3O2/c1-13-9-3-2-7(11-12-9)8-6-14-5-4-10-8/h2-3,8,10H,4-6H2,1H3. The molecule has 1 fully saturated rings. The fraction of sp³-hybridized carbons (Fsp3) is 0.556. The van der Waals surface area contributed by atoms with Gasteiger partial charge in [-0.2, -0.15) is 5.10 Å². The molecule has 1 aliphatic rings. The molecule has 1 aromatic heterocycles. The highest BCUT2D eigenvalue weighted by Crippen LogP contribution is 2.14. The van der Waals surface area contributed by atoms with Crippen LogP contribution in [0.2, 0.25) is 0 Å². The zero-order valence-electron chi connectivity index (χ0n) is 8.06. The van der Waals surface area contributed by atoms with Crippen LogP contribution in [0.1, 0.15) is 11.7 Å². The number of rotatable bonds is 2. The van der Waals surface area contributed by atoms with Crippen molar-refractivity contribution in [2.24, 2.45) is 0 Å². The summed E-state index contributed by atoms with van der Waals surface area (Å²) in [7, 11) is 1.58. The molecule has 5 heteroatoms. The summed E-state index contributed by atoms with van der Waals surface area (Å²) in [6, 6.07) is 3.86. The zero-order valence-corrected chi connectivity index (χ0v) is 8.06. The Morgan fingerprint density at radius 3 is 3.00 bits per heavy atom. The molecule has 0 aliphatic carbocycles. The lowest BCUT2D eigenvalue weighted by Crippen LogP contribution is -2.35. The summed E-state index contributed by atoms with van der Waals surface area (Å²) in [5, 5.41) is 11.3. The van der Waals surface area contributed by atoms with Crippen molar-refractivity contribution in [2.45, 2.75) is 6.04 Å². The van der Waals surface area contributed by atoms with Crippen LogP contribution in [0.3, 0.4) is 0 Å². The molecule has 0 amide bonds. The van der Waals surface area contributed by atoms with Crippen LogP contribution in [0.25, 0.3) is 0 Å². The van der Waals surface area contributed by atoms with E-state index in [1.165, 1.54) is 0 Å². The lowest BCUT2D eigenvalue weighted by atomic mass is 10.2. The molecule has 76 valence electrons. The van der Waals surface area contributed by atoms with Gasteiger partial charge in [-0.25, -0.2) is 0 Å². The molecule has 1 atom stereocenters. The average Bonchev–Trinajstić information content (AvgIpc) is 2.30. The predicted molar refractivity (Wildman–Crippen MR) is 50.1 cm³/mol. The molecule has 1 saturated heterocycles. The summed E-state index contributed by atoms with van der Waals surface area (Å²) < 4.78 is 10.3. The minimum atomic E-state index is 0.155. The predicted octanol–water partition coefficient (Wildman–Crippen LogP) is 0.146. The number of ether oxygens (including phenoxy) is 2. The molecule has 1 unspecified atom stereocenters. The molecular weight excluding hydrogens is 182 g/mol. The minimum Gasteiger partial charge on any atom is -0.480 e. The zero-order chi connectivity index (χ0) is 9.80. The first-order chi connectivity index (χ1) is 6.90. The molecule has 0 radical (unpaired) electrons. The van der Waals surface area contributed by atoms with Crippen LogP contribution >= 0.6 is 0 Å². The summed E-state index contributed by atoms with van der Waals surface area (Å²) in [6.07, 6.45) is 0. The van der Waals surface area contributed by atoms with E-state index in [4.69, 9.17) is 9.47 Å². The minimum absolute atomic E-state index is 0.155. The largest absolute Gasteiger partial charge is 0.480 e. The third-order valence-electron chi connectivity index (χ3n) is 2.15. The molecule has 0 saturated carbocycles. The first-order valence-electron chi connectivity index (χ1n) is 4.59. The highest BCUT2D eigenvalue weighted by molar-refractivity contribution is 5.14. The van der Waals surface area contributed by atoms with Crippen molar-refractivity contribution in [3.8, 4) is 5.88 Å². The van der Waals surface area contributed by atoms with Crippen LogP contribution in [-0.2, 0) is 4.74 Å². The Morgan fingerprint density at radius 1 is 1.50 bits per heavy atom. The summed E-state index contributed by atoms with van der Waals surface area (Å²) >= 11 is 0. The topological polar surface area (TPSA) is 56.3 Å². The van der Waals surface area contributed by atoms with Crippen LogP contribution in [-0.4, -0.2) is 37.1 Å². The van der Waals surface area contributed by atoms with E-state index < -0.39 is 0 Å². The van der Waals surface area contributed by atoms with Gasteiger partial charge in [0, 0.05) is 12.6 Å². The quantitative estimate of drug-likeness (QED) is 0.727. The van der Waals surface area contributed by atoms with Gasteiger partial charge < -0.3 is 14.8 Å². The maximum absolute atomic E-state index is 5.33. The fourth-order valence-corrected chi connectivity index (χ4v) is 1.38. The molecule has 0 aromatic carbocycles. The van der Waals surface area contributed by atoms with Crippen LogP contribution < -0.4 is 10.1 Å². The van der Waals surface area contributed by atoms with Crippen LogP contribution in [0, 0.1) is 0 Å². The van der Waals surface area contributed by atoms with Crippen LogP contribution in [0.4, 0.5) is 0 Å². The van der Waals surface area contributed by atoms with Gasteiger partial charge in [0.15, 0.2) is 0 Å². The number of nitrogens with one attached hydrogen (secondary N) is 1. The number of nitrogens with zero attached hydrogens (tertiary/aromatic N) is 2. The Hall–Kier alpha value is -1.20. The summed E-state index contributed by atoms with van der Waals surface area (Å²) in [6.45, 7) is 2.28. The first-order valence-corrected chi connectivity index (χ1v) is 4.59. The van der Waals surface area contributed by atoms with Crippen LogP contribution in [0.5, 0.6) is 5.88 Å². The normalized spacial score (nSPS) is 21.9. The number of hydrogen-bond donors (Lipinski definition) is 1. The average molecular weight is 195 g/mol. The molecule has 0 bridgehead atoms. The Kier molecular flexibility index (Phi) is 2.90. The van der Waals surface area contributed by atoms with Gasteiger partial charge in [-0.1, -0.05) is 0 Å². The van der Waals surface area contributed by atoms with Gasteiger partial charge in [0.1, 0.15) is 0 Å². The van der Waals surface area contributed by atoms with E-state index in [9.17, 15) is 0 Å². The number of morpholine rings is 1. The Bertz CT molecular complexity index is 283. The van der Waals surface area contributed by atoms with Crippen LogP contribution in [0.15, 0.2) is 12.1 Å². The van der Waals surface area contributed by atoms with Crippen molar-refractivity contribution in [1.82, 2.24) is 15.5 Å². The maximum atomic E-state index is 5.33. The molecule has 2 rings (SSSR count). The molecule has 1 aromatic rings. The van der Waals surface area contributed by atoms with Crippen molar-refractivity contribution in [2.75, 3.05) is 26.9 Å². The second kappa shape index (κ2) is 4.34. The van der Waals surface area contributed by atoms with Crippen molar-refractivity contribution < 1.29 is 9.47 Å². The summed E-state index contributed by atoms with van der Waals surface area (Å²) in [5.41, 5.74) is 0.894. The van der Waals surface area contributed by atoms with Gasteiger partial charge in [0.25, 0.3) is 0 Å². The third kappa shape index (κ3) is 2.00. The Labute approximate surface area is 82.4 Å². The number of hydrogen-bond acceptors (Lipinski definition) is 5. The van der Waals surface area contributed by atoms with Crippen molar-refractivity contribution in [1.29, 1.82) is 0 Å². The third-order valence-corrected chi connectivity index (χ3v) is 2.15. The van der Waals surface area contributed by atoms with E-state index in [1.807, 2.05) is 6.07 Å². The Morgan fingerprint density at radius 2 is 2.43 bits per heavy atom. The molecule has 1 aliphatic heterocycles. The number of aromatic nitrogens is 2. The molecule has 0 spiro atoms. The van der Waals surface area contributed by atoms with Gasteiger partial charge in [-0.15, -0.1) is 5.10 Å². The monoisotopic (exact) mass is 195 g/mol. The van der Waals surface area contributed by atoms with Gasteiger partial charge in [0.05, 0.1) is 32.1 Å². The maximum Gasteiger partial charge on any atom is 0.233 e. The molecule has 5 nitrogen and oxygen atoms in total. The van der Waals surface area contributed by atoms with Gasteiger partial charge in [-0.05, 0) is 6.07 Å². The van der Waals surface area contributed by atoms with Gasteiger partial charge in [-0.3, -0.25) is 0 Å². The second-order valence-electron chi connectivity index (χ2n) is 3.08. The van der Waals surface area contributed by atoms with E-state index >= 15 is 0 Å². The molecule has 14 heavy (non-hydrogen) atoms.